The molecule has 4 nitrogen and oxygen atoms in total. The van der Waals surface area contributed by atoms with E-state index in [2.05, 4.69) is 5.10 Å². The van der Waals surface area contributed by atoms with Crippen LogP contribution < -0.4 is 10.5 Å². The maximum atomic E-state index is 5.78. The Kier molecular flexibility index (Phi) is 3.77. The Labute approximate surface area is 101 Å². The Morgan fingerprint density at radius 3 is 2.71 bits per heavy atom. The van der Waals surface area contributed by atoms with Gasteiger partial charge in [0.2, 0.25) is 0 Å². The summed E-state index contributed by atoms with van der Waals surface area (Å²) in [6.07, 6.45) is 3.68. The van der Waals surface area contributed by atoms with Gasteiger partial charge in [0.1, 0.15) is 12.4 Å². The van der Waals surface area contributed by atoms with Crippen LogP contribution in [0.1, 0.15) is 18.5 Å². The van der Waals surface area contributed by atoms with Crippen LogP contribution in [-0.4, -0.2) is 16.4 Å². The van der Waals surface area contributed by atoms with Crippen molar-refractivity contribution in [3.8, 4) is 5.75 Å². The molecule has 0 aliphatic heterocycles. The molecule has 0 aliphatic carbocycles. The van der Waals surface area contributed by atoms with Gasteiger partial charge in [-0.3, -0.25) is 4.68 Å². The molecule has 0 saturated carbocycles. The fourth-order valence-corrected chi connectivity index (χ4v) is 1.56. The van der Waals surface area contributed by atoms with E-state index in [1.54, 1.807) is 6.20 Å². The van der Waals surface area contributed by atoms with E-state index in [1.165, 1.54) is 0 Å². The first-order valence-electron chi connectivity index (χ1n) is 5.71. The first-order valence-corrected chi connectivity index (χ1v) is 5.71. The van der Waals surface area contributed by atoms with Crippen LogP contribution in [0.25, 0.3) is 0 Å². The summed E-state index contributed by atoms with van der Waals surface area (Å²) >= 11 is 0. The van der Waals surface area contributed by atoms with Gasteiger partial charge in [0.25, 0.3) is 0 Å². The van der Waals surface area contributed by atoms with E-state index < -0.39 is 0 Å². The van der Waals surface area contributed by atoms with Crippen molar-refractivity contribution in [3.05, 3.63) is 48.3 Å². The molecule has 4 heteroatoms. The second-order valence-corrected chi connectivity index (χ2v) is 3.98. The second-order valence-electron chi connectivity index (χ2n) is 3.98. The number of hydrogen-bond donors (Lipinski definition) is 1. The van der Waals surface area contributed by atoms with Gasteiger partial charge in [0, 0.05) is 18.4 Å². The first-order chi connectivity index (χ1) is 8.25. The number of nitrogens with two attached hydrogens (primary N) is 1. The van der Waals surface area contributed by atoms with Crippen LogP contribution in [0.4, 0.5) is 0 Å². The van der Waals surface area contributed by atoms with Crippen molar-refractivity contribution in [2.45, 2.75) is 19.5 Å². The molecule has 1 heterocycles. The highest BCUT2D eigenvalue weighted by molar-refractivity contribution is 5.28. The average molecular weight is 231 g/mol. The van der Waals surface area contributed by atoms with Crippen molar-refractivity contribution in [2.24, 2.45) is 5.73 Å². The molecule has 0 radical (unpaired) electrons. The normalized spacial score (nSPS) is 12.4. The number of hydrogen-bond acceptors (Lipinski definition) is 3. The van der Waals surface area contributed by atoms with Crippen molar-refractivity contribution < 1.29 is 4.74 Å². The summed E-state index contributed by atoms with van der Waals surface area (Å²) in [7, 11) is 0. The SMILES string of the molecule is C[C@@H](N)c1ccc(OCCn2cccn2)cc1. The van der Waals surface area contributed by atoms with E-state index in [-0.39, 0.29) is 6.04 Å². The third-order valence-corrected chi connectivity index (χ3v) is 2.55. The van der Waals surface area contributed by atoms with E-state index in [9.17, 15) is 0 Å². The highest BCUT2D eigenvalue weighted by atomic mass is 16.5. The lowest BCUT2D eigenvalue weighted by Crippen LogP contribution is -2.08. The smallest absolute Gasteiger partial charge is 0.119 e. The lowest BCUT2D eigenvalue weighted by molar-refractivity contribution is 0.291. The summed E-state index contributed by atoms with van der Waals surface area (Å²) in [5.41, 5.74) is 6.89. The van der Waals surface area contributed by atoms with Crippen LogP contribution in [0, 0.1) is 0 Å². The summed E-state index contributed by atoms with van der Waals surface area (Å²) < 4.78 is 7.46. The van der Waals surface area contributed by atoms with Gasteiger partial charge in [0.05, 0.1) is 6.54 Å². The fraction of sp³-hybridized carbons (Fsp3) is 0.308. The van der Waals surface area contributed by atoms with Crippen LogP contribution in [0.2, 0.25) is 0 Å². The maximum Gasteiger partial charge on any atom is 0.119 e. The van der Waals surface area contributed by atoms with Crippen molar-refractivity contribution in [1.82, 2.24) is 9.78 Å². The Balaban J connectivity index is 1.83. The van der Waals surface area contributed by atoms with E-state index >= 15 is 0 Å². The Morgan fingerprint density at radius 2 is 2.12 bits per heavy atom. The van der Waals surface area contributed by atoms with E-state index in [0.29, 0.717) is 6.61 Å². The Hall–Kier alpha value is -1.81. The highest BCUT2D eigenvalue weighted by Gasteiger charge is 1.99. The van der Waals surface area contributed by atoms with Crippen LogP contribution in [0.15, 0.2) is 42.7 Å². The summed E-state index contributed by atoms with van der Waals surface area (Å²) in [6, 6.07) is 9.84. The molecule has 1 aromatic heterocycles. The lowest BCUT2D eigenvalue weighted by atomic mass is 10.1. The van der Waals surface area contributed by atoms with Crippen LogP contribution in [0.5, 0.6) is 5.75 Å². The van der Waals surface area contributed by atoms with Gasteiger partial charge >= 0.3 is 0 Å². The summed E-state index contributed by atoms with van der Waals surface area (Å²) in [5, 5.41) is 4.10. The van der Waals surface area contributed by atoms with Crippen molar-refractivity contribution in [1.29, 1.82) is 0 Å². The molecule has 1 aromatic carbocycles. The van der Waals surface area contributed by atoms with Crippen molar-refractivity contribution in [3.63, 3.8) is 0 Å². The number of ether oxygens (including phenoxy) is 1. The maximum absolute atomic E-state index is 5.78. The zero-order chi connectivity index (χ0) is 12.1. The molecule has 90 valence electrons. The number of nitrogens with zero attached hydrogens (tertiary/aromatic N) is 2. The molecule has 0 aliphatic rings. The predicted molar refractivity (Wildman–Crippen MR) is 66.8 cm³/mol. The largest absolute Gasteiger partial charge is 0.492 e. The molecule has 2 N–H and O–H groups in total. The third kappa shape index (κ3) is 3.32. The molecule has 0 saturated heterocycles. The highest BCUT2D eigenvalue weighted by Crippen LogP contribution is 2.15. The van der Waals surface area contributed by atoms with Crippen LogP contribution in [0.3, 0.4) is 0 Å². The monoisotopic (exact) mass is 231 g/mol. The summed E-state index contributed by atoms with van der Waals surface area (Å²) in [5.74, 6) is 0.863. The molecule has 2 aromatic rings. The van der Waals surface area contributed by atoms with Gasteiger partial charge in [-0.2, -0.15) is 5.10 Å². The molecule has 0 amide bonds. The van der Waals surface area contributed by atoms with Gasteiger partial charge in [-0.15, -0.1) is 0 Å². The van der Waals surface area contributed by atoms with Crippen molar-refractivity contribution >= 4 is 0 Å². The Morgan fingerprint density at radius 1 is 1.35 bits per heavy atom. The van der Waals surface area contributed by atoms with Crippen LogP contribution >= 0.6 is 0 Å². The summed E-state index contributed by atoms with van der Waals surface area (Å²) in [6.45, 7) is 3.33. The average Bonchev–Trinajstić information content (AvgIpc) is 2.83. The second kappa shape index (κ2) is 5.50. The third-order valence-electron chi connectivity index (χ3n) is 2.55. The molecule has 0 spiro atoms. The minimum Gasteiger partial charge on any atom is -0.492 e. The van der Waals surface area contributed by atoms with Crippen molar-refractivity contribution in [2.75, 3.05) is 6.61 Å². The van der Waals surface area contributed by atoms with Crippen LogP contribution in [-0.2, 0) is 6.54 Å². The molecule has 2 rings (SSSR count). The standard InChI is InChI=1S/C13H17N3O/c1-11(14)12-3-5-13(6-4-12)17-10-9-16-8-2-7-15-16/h2-8,11H,9-10,14H2,1H3/t11-/m1/s1. The minimum absolute atomic E-state index is 0.0631. The molecule has 0 unspecified atom stereocenters. The van der Waals surface area contributed by atoms with E-state index in [1.807, 2.05) is 48.1 Å². The molecular formula is C13H17N3O. The molecular weight excluding hydrogens is 214 g/mol. The predicted octanol–water partition coefficient (Wildman–Crippen LogP) is 1.98. The molecule has 17 heavy (non-hydrogen) atoms. The fourth-order valence-electron chi connectivity index (χ4n) is 1.56. The first kappa shape index (κ1) is 11.7. The quantitative estimate of drug-likeness (QED) is 0.856. The molecule has 1 atom stereocenters. The summed E-state index contributed by atoms with van der Waals surface area (Å²) in [4.78, 5) is 0. The lowest BCUT2D eigenvalue weighted by Gasteiger charge is -2.09. The number of benzene rings is 1. The van der Waals surface area contributed by atoms with Gasteiger partial charge in [-0.25, -0.2) is 0 Å². The minimum atomic E-state index is 0.0631. The zero-order valence-corrected chi connectivity index (χ0v) is 9.91. The number of rotatable bonds is 5. The van der Waals surface area contributed by atoms with Gasteiger partial charge in [0.15, 0.2) is 0 Å². The zero-order valence-electron chi connectivity index (χ0n) is 9.91. The topological polar surface area (TPSA) is 53.1 Å². The molecule has 0 bridgehead atoms. The number of aromatic nitrogens is 2. The van der Waals surface area contributed by atoms with Gasteiger partial charge in [-0.05, 0) is 30.7 Å². The Bertz CT molecular complexity index is 434. The van der Waals surface area contributed by atoms with Gasteiger partial charge < -0.3 is 10.5 Å². The van der Waals surface area contributed by atoms with E-state index in [0.717, 1.165) is 17.9 Å². The van der Waals surface area contributed by atoms with E-state index in [4.69, 9.17) is 10.5 Å². The van der Waals surface area contributed by atoms with Gasteiger partial charge in [-0.1, -0.05) is 12.1 Å². The molecule has 0 fully saturated rings.